The second kappa shape index (κ2) is 8.88. The van der Waals surface area contributed by atoms with Crippen LogP contribution >= 0.6 is 23.1 Å². The molecule has 0 saturated carbocycles. The Labute approximate surface area is 164 Å². The summed E-state index contributed by atoms with van der Waals surface area (Å²) in [7, 11) is 0. The van der Waals surface area contributed by atoms with Crippen LogP contribution in [0.5, 0.6) is 5.75 Å². The van der Waals surface area contributed by atoms with E-state index in [0.29, 0.717) is 11.7 Å². The number of anilines is 1. The van der Waals surface area contributed by atoms with E-state index in [9.17, 15) is 14.7 Å². The highest BCUT2D eigenvalue weighted by molar-refractivity contribution is 8.00. The number of carboxylic acids is 1. The Bertz CT molecular complexity index is 971. The van der Waals surface area contributed by atoms with Crippen molar-refractivity contribution < 1.29 is 19.4 Å². The highest BCUT2D eigenvalue weighted by Crippen LogP contribution is 2.35. The Morgan fingerprint density at radius 3 is 2.70 bits per heavy atom. The number of benzene rings is 2. The molecule has 8 heteroatoms. The number of thiazole rings is 1. The average molecular weight is 401 g/mol. The highest BCUT2D eigenvalue weighted by atomic mass is 32.2. The minimum Gasteiger partial charge on any atom is -0.549 e. The quantitative estimate of drug-likeness (QED) is 0.624. The summed E-state index contributed by atoms with van der Waals surface area (Å²) in [6.45, 7) is 2.54. The van der Waals surface area contributed by atoms with Crippen LogP contribution in [0.2, 0.25) is 0 Å². The van der Waals surface area contributed by atoms with Crippen LogP contribution in [0.1, 0.15) is 6.92 Å². The van der Waals surface area contributed by atoms with Crippen molar-refractivity contribution in [3.8, 4) is 17.0 Å². The maximum absolute atomic E-state index is 11.9. The molecule has 1 amide bonds. The summed E-state index contributed by atoms with van der Waals surface area (Å²) in [4.78, 5) is 26.8. The monoisotopic (exact) mass is 401 g/mol. The number of aromatic nitrogens is 1. The lowest BCUT2D eigenvalue weighted by Crippen LogP contribution is -2.25. The first kappa shape index (κ1) is 19.2. The number of carbonyl (C=O) groups excluding carboxylic acids is 2. The van der Waals surface area contributed by atoms with Gasteiger partial charge in [-0.3, -0.25) is 4.79 Å². The van der Waals surface area contributed by atoms with Gasteiger partial charge in [0.1, 0.15) is 5.75 Å². The minimum absolute atomic E-state index is 0.0366. The number of thioether (sulfide) groups is 1. The van der Waals surface area contributed by atoms with Crippen LogP contribution in [0.4, 0.5) is 5.13 Å². The van der Waals surface area contributed by atoms with E-state index < -0.39 is 5.97 Å². The summed E-state index contributed by atoms with van der Waals surface area (Å²) in [5.41, 5.74) is 1.72. The lowest BCUT2D eigenvalue weighted by Gasteiger charge is -2.10. The number of rotatable bonds is 8. The molecule has 3 rings (SSSR count). The van der Waals surface area contributed by atoms with Gasteiger partial charge in [0, 0.05) is 22.1 Å². The van der Waals surface area contributed by atoms with Crippen LogP contribution in [0, 0.1) is 0 Å². The Morgan fingerprint density at radius 1 is 1.19 bits per heavy atom. The molecule has 1 N–H and O–H groups in total. The lowest BCUT2D eigenvalue weighted by molar-refractivity contribution is -0.301. The normalized spacial score (nSPS) is 10.7. The zero-order valence-corrected chi connectivity index (χ0v) is 16.2. The van der Waals surface area contributed by atoms with Crippen molar-refractivity contribution in [1.29, 1.82) is 0 Å². The third-order valence-corrected chi connectivity index (χ3v) is 5.33. The van der Waals surface area contributed by atoms with Gasteiger partial charge in [0.05, 0.1) is 24.0 Å². The van der Waals surface area contributed by atoms with E-state index in [4.69, 9.17) is 4.74 Å². The maximum Gasteiger partial charge on any atom is 0.236 e. The van der Waals surface area contributed by atoms with Crippen molar-refractivity contribution in [3.63, 3.8) is 0 Å². The number of ether oxygens (including phenoxy) is 1. The van der Waals surface area contributed by atoms with E-state index in [2.05, 4.69) is 10.3 Å². The molecule has 140 valence electrons. The highest BCUT2D eigenvalue weighted by Gasteiger charge is 2.12. The maximum atomic E-state index is 11.9. The van der Waals surface area contributed by atoms with E-state index in [-0.39, 0.29) is 17.4 Å². The molecule has 6 nitrogen and oxygen atoms in total. The number of amides is 1. The molecular formula is C19H17N2O4S2-. The van der Waals surface area contributed by atoms with Crippen LogP contribution in [-0.4, -0.2) is 35.0 Å². The van der Waals surface area contributed by atoms with Crippen molar-refractivity contribution in [2.24, 2.45) is 0 Å². The molecule has 27 heavy (non-hydrogen) atoms. The van der Waals surface area contributed by atoms with Gasteiger partial charge in [-0.15, -0.1) is 23.1 Å². The van der Waals surface area contributed by atoms with Crippen molar-refractivity contribution in [3.05, 3.63) is 41.8 Å². The molecule has 0 aliphatic carbocycles. The number of nitrogens with zero attached hydrogens (tertiary/aromatic N) is 1. The summed E-state index contributed by atoms with van der Waals surface area (Å²) >= 11 is 2.31. The number of carboxylic acid groups (broad SMARTS) is 1. The molecule has 0 bridgehead atoms. The van der Waals surface area contributed by atoms with Gasteiger partial charge in [-0.25, -0.2) is 4.98 Å². The fraction of sp³-hybridized carbons (Fsp3) is 0.211. The van der Waals surface area contributed by atoms with Crippen LogP contribution in [0.25, 0.3) is 22.0 Å². The zero-order valence-electron chi connectivity index (χ0n) is 14.6. The van der Waals surface area contributed by atoms with Gasteiger partial charge >= 0.3 is 0 Å². The van der Waals surface area contributed by atoms with Gasteiger partial charge in [0.25, 0.3) is 0 Å². The first-order valence-corrected chi connectivity index (χ1v) is 10.3. The van der Waals surface area contributed by atoms with Gasteiger partial charge in [0.2, 0.25) is 5.91 Å². The number of hydrogen-bond acceptors (Lipinski definition) is 7. The topological polar surface area (TPSA) is 91.3 Å². The number of hydrogen-bond donors (Lipinski definition) is 1. The van der Waals surface area contributed by atoms with Crippen molar-refractivity contribution in [2.45, 2.75) is 6.92 Å². The van der Waals surface area contributed by atoms with E-state index in [1.165, 1.54) is 11.3 Å². The van der Waals surface area contributed by atoms with Crippen LogP contribution in [-0.2, 0) is 9.59 Å². The predicted molar refractivity (Wildman–Crippen MR) is 107 cm³/mol. The molecule has 0 aliphatic rings. The molecule has 3 aromatic rings. The van der Waals surface area contributed by atoms with E-state index in [0.717, 1.165) is 39.5 Å². The molecule has 0 aliphatic heterocycles. The first-order chi connectivity index (χ1) is 13.1. The fourth-order valence-corrected chi connectivity index (χ4v) is 3.87. The molecule has 2 aromatic carbocycles. The summed E-state index contributed by atoms with van der Waals surface area (Å²) in [6.07, 6.45) is 0. The van der Waals surface area contributed by atoms with Crippen molar-refractivity contribution in [1.82, 2.24) is 4.98 Å². The van der Waals surface area contributed by atoms with Gasteiger partial charge < -0.3 is 20.0 Å². The Hall–Kier alpha value is -2.58. The largest absolute Gasteiger partial charge is 0.549 e. The number of aliphatic carboxylic acids is 1. The van der Waals surface area contributed by atoms with Crippen molar-refractivity contribution >= 4 is 50.9 Å². The molecular weight excluding hydrogens is 384 g/mol. The third kappa shape index (κ3) is 4.78. The molecule has 0 atom stereocenters. The second-order valence-electron chi connectivity index (χ2n) is 5.54. The molecule has 0 spiro atoms. The summed E-state index contributed by atoms with van der Waals surface area (Å²) in [6, 6.07) is 11.8. The molecule has 0 radical (unpaired) electrons. The predicted octanol–water partition coefficient (Wildman–Crippen LogP) is 2.78. The fourth-order valence-electron chi connectivity index (χ4n) is 2.61. The van der Waals surface area contributed by atoms with Crippen LogP contribution in [0.15, 0.2) is 41.8 Å². The average Bonchev–Trinajstić information content (AvgIpc) is 3.10. The van der Waals surface area contributed by atoms with Gasteiger partial charge in [-0.1, -0.05) is 24.3 Å². The Balaban J connectivity index is 1.79. The standard InChI is InChI=1S/C19H18N2O4S2/c1-2-25-16-8-7-13(12-5-3-4-6-14(12)16)15-9-27-19(20-15)21-17(22)10-26-11-18(23)24/h3-9H,2,10-11H2,1H3,(H,23,24)(H,20,21,22)/p-1. The summed E-state index contributed by atoms with van der Waals surface area (Å²) in [5, 5.41) is 17.5. The smallest absolute Gasteiger partial charge is 0.236 e. The zero-order chi connectivity index (χ0) is 19.2. The molecule has 0 fully saturated rings. The van der Waals surface area contributed by atoms with E-state index in [1.54, 1.807) is 0 Å². The Kier molecular flexibility index (Phi) is 6.31. The number of fused-ring (bicyclic) bond motifs is 1. The second-order valence-corrected chi connectivity index (χ2v) is 7.38. The lowest BCUT2D eigenvalue weighted by atomic mass is 10.0. The van der Waals surface area contributed by atoms with Gasteiger partial charge in [0.15, 0.2) is 5.13 Å². The van der Waals surface area contributed by atoms with Crippen LogP contribution < -0.4 is 15.2 Å². The Morgan fingerprint density at radius 2 is 1.96 bits per heavy atom. The molecule has 0 unspecified atom stereocenters. The summed E-state index contributed by atoms with van der Waals surface area (Å²) in [5.74, 6) is -0.834. The number of nitrogens with one attached hydrogen (secondary N) is 1. The van der Waals surface area contributed by atoms with Gasteiger partial charge in [-0.05, 0) is 24.4 Å². The summed E-state index contributed by atoms with van der Waals surface area (Å²) < 4.78 is 5.70. The number of carbonyl (C=O) groups is 2. The van der Waals surface area contributed by atoms with E-state index >= 15 is 0 Å². The van der Waals surface area contributed by atoms with Crippen LogP contribution in [0.3, 0.4) is 0 Å². The molecule has 1 heterocycles. The SMILES string of the molecule is CCOc1ccc(-c2csc(NC(=O)CSCC(=O)[O-])n2)c2ccccc12. The first-order valence-electron chi connectivity index (χ1n) is 8.26. The minimum atomic E-state index is -1.19. The third-order valence-electron chi connectivity index (χ3n) is 3.66. The van der Waals surface area contributed by atoms with Crippen molar-refractivity contribution in [2.75, 3.05) is 23.4 Å². The molecule has 0 saturated heterocycles. The van der Waals surface area contributed by atoms with E-state index in [1.807, 2.05) is 48.7 Å². The van der Waals surface area contributed by atoms with Gasteiger partial charge in [-0.2, -0.15) is 0 Å². The molecule has 1 aromatic heterocycles.